The third-order valence-electron chi connectivity index (χ3n) is 4.22. The molecule has 0 unspecified atom stereocenters. The number of aryl methyl sites for hydroxylation is 1. The molecule has 1 aromatic carbocycles. The van der Waals surface area contributed by atoms with Gasteiger partial charge in [-0.2, -0.15) is 0 Å². The fraction of sp³-hybridized carbons (Fsp3) is 0.250. The standard InChI is InChI=1S/C16H14ClN3O2/c1-19-14(7-10-3-2-4-12(17)15(10)19)16(21)20-6-5-13-11(8-20)9-22-18-13/h2-4,7,9H,5-6,8H2,1H3. The molecule has 0 saturated carbocycles. The fourth-order valence-electron chi connectivity index (χ4n) is 3.05. The van der Waals surface area contributed by atoms with Crippen LogP contribution < -0.4 is 0 Å². The number of benzene rings is 1. The van der Waals surface area contributed by atoms with Crippen molar-refractivity contribution < 1.29 is 9.32 Å². The molecule has 4 rings (SSSR count). The van der Waals surface area contributed by atoms with E-state index in [9.17, 15) is 4.79 Å². The molecule has 0 N–H and O–H groups in total. The molecule has 1 aliphatic heterocycles. The highest BCUT2D eigenvalue weighted by Gasteiger charge is 2.26. The Morgan fingerprint density at radius 2 is 2.27 bits per heavy atom. The largest absolute Gasteiger partial charge is 0.364 e. The lowest BCUT2D eigenvalue weighted by atomic mass is 10.1. The zero-order chi connectivity index (χ0) is 15.3. The van der Waals surface area contributed by atoms with E-state index >= 15 is 0 Å². The van der Waals surface area contributed by atoms with Gasteiger partial charge in [0.25, 0.3) is 5.91 Å². The molecule has 0 saturated heterocycles. The van der Waals surface area contributed by atoms with E-state index in [2.05, 4.69) is 5.16 Å². The van der Waals surface area contributed by atoms with Crippen molar-refractivity contribution in [3.63, 3.8) is 0 Å². The summed E-state index contributed by atoms with van der Waals surface area (Å²) in [4.78, 5) is 14.7. The number of hydrogen-bond donors (Lipinski definition) is 0. The minimum Gasteiger partial charge on any atom is -0.364 e. The van der Waals surface area contributed by atoms with Crippen LogP contribution in [0.4, 0.5) is 0 Å². The monoisotopic (exact) mass is 315 g/mol. The fourth-order valence-corrected chi connectivity index (χ4v) is 3.36. The van der Waals surface area contributed by atoms with E-state index in [0.29, 0.717) is 23.8 Å². The summed E-state index contributed by atoms with van der Waals surface area (Å²) < 4.78 is 6.84. The first kappa shape index (κ1) is 13.4. The Bertz CT molecular complexity index is 881. The van der Waals surface area contributed by atoms with Gasteiger partial charge in [-0.05, 0) is 12.1 Å². The summed E-state index contributed by atoms with van der Waals surface area (Å²) in [5.41, 5.74) is 3.46. The van der Waals surface area contributed by atoms with Crippen molar-refractivity contribution in [1.29, 1.82) is 0 Å². The molecule has 22 heavy (non-hydrogen) atoms. The van der Waals surface area contributed by atoms with Crippen LogP contribution in [0.15, 0.2) is 35.1 Å². The Kier molecular flexibility index (Phi) is 2.97. The van der Waals surface area contributed by atoms with E-state index < -0.39 is 0 Å². The van der Waals surface area contributed by atoms with Crippen LogP contribution in [0.1, 0.15) is 21.7 Å². The maximum atomic E-state index is 12.8. The number of rotatable bonds is 1. The quantitative estimate of drug-likeness (QED) is 0.693. The van der Waals surface area contributed by atoms with Gasteiger partial charge in [-0.1, -0.05) is 28.9 Å². The van der Waals surface area contributed by atoms with Crippen LogP contribution in [-0.2, 0) is 20.0 Å². The van der Waals surface area contributed by atoms with Crippen molar-refractivity contribution >= 4 is 28.4 Å². The Morgan fingerprint density at radius 1 is 1.41 bits per heavy atom. The average Bonchev–Trinajstić information content (AvgIpc) is 3.11. The molecule has 0 atom stereocenters. The van der Waals surface area contributed by atoms with Gasteiger partial charge in [0.15, 0.2) is 0 Å². The maximum absolute atomic E-state index is 12.8. The second-order valence-electron chi connectivity index (χ2n) is 5.53. The van der Waals surface area contributed by atoms with Crippen LogP contribution in [0.3, 0.4) is 0 Å². The van der Waals surface area contributed by atoms with Gasteiger partial charge in [-0.15, -0.1) is 0 Å². The topological polar surface area (TPSA) is 51.3 Å². The molecule has 112 valence electrons. The van der Waals surface area contributed by atoms with E-state index in [0.717, 1.165) is 28.6 Å². The Hall–Kier alpha value is -2.27. The summed E-state index contributed by atoms with van der Waals surface area (Å²) in [5.74, 6) is 0.00150. The van der Waals surface area contributed by atoms with Crippen LogP contribution in [0.25, 0.3) is 10.9 Å². The summed E-state index contributed by atoms with van der Waals surface area (Å²) in [6.07, 6.45) is 2.34. The van der Waals surface area contributed by atoms with Crippen molar-refractivity contribution in [1.82, 2.24) is 14.6 Å². The highest BCUT2D eigenvalue weighted by Crippen LogP contribution is 2.27. The summed E-state index contributed by atoms with van der Waals surface area (Å²) in [5, 5.41) is 5.58. The molecule has 0 spiro atoms. The average molecular weight is 316 g/mol. The molecule has 1 aliphatic rings. The molecular formula is C16H14ClN3O2. The molecule has 2 aromatic heterocycles. The number of hydrogen-bond acceptors (Lipinski definition) is 3. The van der Waals surface area contributed by atoms with Crippen LogP contribution >= 0.6 is 11.6 Å². The highest BCUT2D eigenvalue weighted by molar-refractivity contribution is 6.35. The summed E-state index contributed by atoms with van der Waals surface area (Å²) >= 11 is 6.25. The molecule has 5 nitrogen and oxygen atoms in total. The van der Waals surface area contributed by atoms with Gasteiger partial charge in [0.1, 0.15) is 12.0 Å². The normalized spacial score (nSPS) is 14.4. The van der Waals surface area contributed by atoms with Gasteiger partial charge in [0.05, 0.1) is 22.8 Å². The zero-order valence-electron chi connectivity index (χ0n) is 12.0. The van der Waals surface area contributed by atoms with Gasteiger partial charge >= 0.3 is 0 Å². The number of para-hydroxylation sites is 1. The Balaban J connectivity index is 1.72. The van der Waals surface area contributed by atoms with E-state index in [1.165, 1.54) is 0 Å². The Morgan fingerprint density at radius 3 is 3.09 bits per heavy atom. The van der Waals surface area contributed by atoms with Gasteiger partial charge in [-0.25, -0.2) is 0 Å². The molecule has 6 heteroatoms. The lowest BCUT2D eigenvalue weighted by Crippen LogP contribution is -2.36. The van der Waals surface area contributed by atoms with Crippen LogP contribution in [0, 0.1) is 0 Å². The number of nitrogens with zero attached hydrogens (tertiary/aromatic N) is 3. The van der Waals surface area contributed by atoms with E-state index in [1.54, 1.807) is 6.26 Å². The smallest absolute Gasteiger partial charge is 0.270 e. The van der Waals surface area contributed by atoms with Crippen molar-refractivity contribution in [2.75, 3.05) is 6.54 Å². The zero-order valence-corrected chi connectivity index (χ0v) is 12.8. The van der Waals surface area contributed by atoms with Gasteiger partial charge in [0.2, 0.25) is 0 Å². The number of halogens is 1. The lowest BCUT2D eigenvalue weighted by molar-refractivity contribution is 0.0725. The van der Waals surface area contributed by atoms with Gasteiger partial charge < -0.3 is 14.0 Å². The summed E-state index contributed by atoms with van der Waals surface area (Å²) in [7, 11) is 1.87. The van der Waals surface area contributed by atoms with E-state index in [1.807, 2.05) is 40.8 Å². The molecule has 0 aliphatic carbocycles. The molecule has 0 radical (unpaired) electrons. The first-order valence-corrected chi connectivity index (χ1v) is 7.48. The lowest BCUT2D eigenvalue weighted by Gasteiger charge is -2.25. The minimum absolute atomic E-state index is 0.00150. The van der Waals surface area contributed by atoms with E-state index in [-0.39, 0.29) is 5.91 Å². The molecule has 1 amide bonds. The van der Waals surface area contributed by atoms with Crippen molar-refractivity contribution in [3.8, 4) is 0 Å². The predicted octanol–water partition coefficient (Wildman–Crippen LogP) is 3.02. The van der Waals surface area contributed by atoms with E-state index in [4.69, 9.17) is 16.1 Å². The highest BCUT2D eigenvalue weighted by atomic mass is 35.5. The van der Waals surface area contributed by atoms with Crippen LogP contribution in [0.5, 0.6) is 0 Å². The third-order valence-corrected chi connectivity index (χ3v) is 4.53. The predicted molar refractivity (Wildman–Crippen MR) is 82.9 cm³/mol. The molecule has 3 aromatic rings. The molecule has 0 bridgehead atoms. The van der Waals surface area contributed by atoms with Gasteiger partial charge in [0, 0.05) is 31.0 Å². The van der Waals surface area contributed by atoms with Crippen LogP contribution in [0.2, 0.25) is 5.02 Å². The first-order valence-electron chi connectivity index (χ1n) is 7.10. The second-order valence-corrected chi connectivity index (χ2v) is 5.94. The van der Waals surface area contributed by atoms with Gasteiger partial charge in [-0.3, -0.25) is 4.79 Å². The number of carbonyl (C=O) groups is 1. The third kappa shape index (κ3) is 1.93. The number of aromatic nitrogens is 2. The number of fused-ring (bicyclic) bond motifs is 2. The van der Waals surface area contributed by atoms with Crippen LogP contribution in [-0.4, -0.2) is 27.1 Å². The summed E-state index contributed by atoms with van der Waals surface area (Å²) in [6.45, 7) is 1.18. The van der Waals surface area contributed by atoms with Crippen molar-refractivity contribution in [2.24, 2.45) is 7.05 Å². The molecule has 0 fully saturated rings. The first-order chi connectivity index (χ1) is 10.6. The molecule has 3 heterocycles. The Labute approximate surface area is 132 Å². The minimum atomic E-state index is 0.00150. The maximum Gasteiger partial charge on any atom is 0.270 e. The second kappa shape index (κ2) is 4.88. The SMILES string of the molecule is Cn1c(C(=O)N2CCc3nocc3C2)cc2cccc(Cl)c21. The summed E-state index contributed by atoms with van der Waals surface area (Å²) in [6, 6.07) is 7.59. The molecular weight excluding hydrogens is 302 g/mol. The number of amides is 1. The van der Waals surface area contributed by atoms with Crippen molar-refractivity contribution in [2.45, 2.75) is 13.0 Å². The number of carbonyl (C=O) groups excluding carboxylic acids is 1. The van der Waals surface area contributed by atoms with Crippen molar-refractivity contribution in [3.05, 3.63) is 52.5 Å².